The molecule has 0 heterocycles. The fraction of sp³-hybridized carbons (Fsp3) is 0.500. The highest BCUT2D eigenvalue weighted by Crippen LogP contribution is 2.21. The normalized spacial score (nSPS) is 16.6. The van der Waals surface area contributed by atoms with Crippen LogP contribution in [0.15, 0.2) is 30.3 Å². The molecular formula is C14H20O3. The van der Waals surface area contributed by atoms with Crippen molar-refractivity contribution in [2.45, 2.75) is 33.0 Å². The van der Waals surface area contributed by atoms with Crippen molar-refractivity contribution in [3.8, 4) is 0 Å². The van der Waals surface area contributed by atoms with E-state index in [2.05, 4.69) is 0 Å². The zero-order valence-electron chi connectivity index (χ0n) is 10.5. The summed E-state index contributed by atoms with van der Waals surface area (Å²) in [7, 11) is 0. The third kappa shape index (κ3) is 3.38. The van der Waals surface area contributed by atoms with Crippen LogP contribution in [0.4, 0.5) is 0 Å². The summed E-state index contributed by atoms with van der Waals surface area (Å²) in [5, 5.41) is 19.7. The van der Waals surface area contributed by atoms with Gasteiger partial charge in [-0.15, -0.1) is 0 Å². The molecule has 0 aliphatic heterocycles. The predicted octanol–water partition coefficient (Wildman–Crippen LogP) is 1.88. The number of carbonyl (C=O) groups is 1. The fourth-order valence-corrected chi connectivity index (χ4v) is 1.87. The van der Waals surface area contributed by atoms with E-state index in [1.165, 1.54) is 6.92 Å². The Morgan fingerprint density at radius 3 is 2.00 bits per heavy atom. The summed E-state index contributed by atoms with van der Waals surface area (Å²) in [4.78, 5) is 12.2. The molecule has 0 bridgehead atoms. The largest absolute Gasteiger partial charge is 0.393 e. The number of rotatable bonds is 5. The van der Waals surface area contributed by atoms with E-state index >= 15 is 0 Å². The zero-order valence-corrected chi connectivity index (χ0v) is 10.5. The van der Waals surface area contributed by atoms with Gasteiger partial charge in [-0.1, -0.05) is 44.2 Å². The predicted molar refractivity (Wildman–Crippen MR) is 66.8 cm³/mol. The summed E-state index contributed by atoms with van der Waals surface area (Å²) in [6.07, 6.45) is -1.69. The van der Waals surface area contributed by atoms with Crippen LogP contribution in [0.5, 0.6) is 0 Å². The van der Waals surface area contributed by atoms with Crippen LogP contribution >= 0.6 is 0 Å². The first-order valence-corrected chi connectivity index (χ1v) is 5.90. The molecule has 1 aromatic carbocycles. The molecule has 0 saturated carbocycles. The summed E-state index contributed by atoms with van der Waals surface area (Å²) in [6.45, 7) is 5.20. The fourth-order valence-electron chi connectivity index (χ4n) is 1.87. The Bertz CT molecular complexity index is 357. The Labute approximate surface area is 102 Å². The molecule has 3 heteroatoms. The average molecular weight is 236 g/mol. The maximum absolute atomic E-state index is 12.2. The summed E-state index contributed by atoms with van der Waals surface area (Å²) >= 11 is 0. The van der Waals surface area contributed by atoms with Gasteiger partial charge in [0.15, 0.2) is 5.78 Å². The number of carbonyl (C=O) groups excluding carboxylic acids is 1. The minimum Gasteiger partial charge on any atom is -0.393 e. The Morgan fingerprint density at radius 1 is 1.06 bits per heavy atom. The third-order valence-corrected chi connectivity index (χ3v) is 2.93. The van der Waals surface area contributed by atoms with Gasteiger partial charge in [-0.05, 0) is 12.8 Å². The number of Topliss-reactive ketones (excluding diaryl/α,β-unsaturated/α-hetero) is 1. The van der Waals surface area contributed by atoms with Crippen molar-refractivity contribution in [2.24, 2.45) is 11.8 Å². The van der Waals surface area contributed by atoms with Crippen LogP contribution in [0.2, 0.25) is 0 Å². The van der Waals surface area contributed by atoms with Crippen molar-refractivity contribution in [3.63, 3.8) is 0 Å². The van der Waals surface area contributed by atoms with Crippen molar-refractivity contribution < 1.29 is 15.0 Å². The lowest BCUT2D eigenvalue weighted by molar-refractivity contribution is 0.00397. The Balaban J connectivity index is 2.97. The standard InChI is InChI=1S/C14H20O3/c1-9(2)13(16)12(10(3)15)14(17)11-7-5-4-6-8-11/h4-10,12-13,15-16H,1-3H3/t10-,12-,13+/m0/s1. The van der Waals surface area contributed by atoms with E-state index in [4.69, 9.17) is 0 Å². The smallest absolute Gasteiger partial charge is 0.171 e. The molecule has 0 aliphatic carbocycles. The van der Waals surface area contributed by atoms with Gasteiger partial charge >= 0.3 is 0 Å². The van der Waals surface area contributed by atoms with Crippen molar-refractivity contribution in [3.05, 3.63) is 35.9 Å². The van der Waals surface area contributed by atoms with Gasteiger partial charge in [0.2, 0.25) is 0 Å². The van der Waals surface area contributed by atoms with Crippen LogP contribution in [0.3, 0.4) is 0 Å². The lowest BCUT2D eigenvalue weighted by Crippen LogP contribution is -2.39. The van der Waals surface area contributed by atoms with E-state index in [1.54, 1.807) is 24.3 Å². The molecular weight excluding hydrogens is 216 g/mol. The van der Waals surface area contributed by atoms with E-state index in [0.717, 1.165) is 0 Å². The Hall–Kier alpha value is -1.19. The van der Waals surface area contributed by atoms with Crippen LogP contribution in [-0.2, 0) is 0 Å². The van der Waals surface area contributed by atoms with E-state index in [1.807, 2.05) is 19.9 Å². The number of aliphatic hydroxyl groups excluding tert-OH is 2. The maximum atomic E-state index is 12.2. The van der Waals surface area contributed by atoms with E-state index in [-0.39, 0.29) is 11.7 Å². The first-order chi connectivity index (χ1) is 7.95. The zero-order chi connectivity index (χ0) is 13.0. The molecule has 3 atom stereocenters. The molecule has 0 unspecified atom stereocenters. The number of aliphatic hydroxyl groups is 2. The van der Waals surface area contributed by atoms with E-state index in [0.29, 0.717) is 5.56 Å². The van der Waals surface area contributed by atoms with Crippen LogP contribution in [-0.4, -0.2) is 28.2 Å². The van der Waals surface area contributed by atoms with Crippen LogP contribution < -0.4 is 0 Å². The molecule has 2 N–H and O–H groups in total. The van der Waals surface area contributed by atoms with Crippen LogP contribution in [0, 0.1) is 11.8 Å². The first-order valence-electron chi connectivity index (χ1n) is 5.90. The summed E-state index contributed by atoms with van der Waals surface area (Å²) in [5.74, 6) is -1.04. The highest BCUT2D eigenvalue weighted by molar-refractivity contribution is 5.98. The molecule has 0 spiro atoms. The quantitative estimate of drug-likeness (QED) is 0.767. The maximum Gasteiger partial charge on any atom is 0.171 e. The molecule has 0 amide bonds. The Morgan fingerprint density at radius 2 is 1.59 bits per heavy atom. The molecule has 0 fully saturated rings. The molecule has 0 aliphatic rings. The van der Waals surface area contributed by atoms with Crippen molar-refractivity contribution >= 4 is 5.78 Å². The van der Waals surface area contributed by atoms with E-state index in [9.17, 15) is 15.0 Å². The van der Waals surface area contributed by atoms with Gasteiger partial charge in [-0.2, -0.15) is 0 Å². The van der Waals surface area contributed by atoms with Gasteiger partial charge < -0.3 is 10.2 Å². The first kappa shape index (κ1) is 13.9. The average Bonchev–Trinajstić information content (AvgIpc) is 2.29. The van der Waals surface area contributed by atoms with Crippen molar-refractivity contribution in [2.75, 3.05) is 0 Å². The summed E-state index contributed by atoms with van der Waals surface area (Å²) in [5.41, 5.74) is 0.526. The van der Waals surface area contributed by atoms with Gasteiger partial charge in [0.25, 0.3) is 0 Å². The summed E-state index contributed by atoms with van der Waals surface area (Å²) < 4.78 is 0. The molecule has 0 saturated heterocycles. The molecule has 3 nitrogen and oxygen atoms in total. The second kappa shape index (κ2) is 5.94. The SMILES string of the molecule is CC(C)[C@@H](O)[C@@H](C(=O)c1ccccc1)[C@H](C)O. The van der Waals surface area contributed by atoms with Crippen molar-refractivity contribution in [1.82, 2.24) is 0 Å². The van der Waals surface area contributed by atoms with Gasteiger partial charge in [-0.25, -0.2) is 0 Å². The number of hydrogen-bond donors (Lipinski definition) is 2. The number of hydrogen-bond acceptors (Lipinski definition) is 3. The van der Waals surface area contributed by atoms with Gasteiger partial charge in [0, 0.05) is 5.56 Å². The minimum absolute atomic E-state index is 0.0673. The topological polar surface area (TPSA) is 57.5 Å². The molecule has 0 radical (unpaired) electrons. The Kier molecular flexibility index (Phi) is 4.85. The van der Waals surface area contributed by atoms with Gasteiger partial charge in [0.05, 0.1) is 18.1 Å². The lowest BCUT2D eigenvalue weighted by atomic mass is 9.83. The molecule has 17 heavy (non-hydrogen) atoms. The third-order valence-electron chi connectivity index (χ3n) is 2.93. The monoisotopic (exact) mass is 236 g/mol. The highest BCUT2D eigenvalue weighted by Gasteiger charge is 2.33. The minimum atomic E-state index is -0.861. The van der Waals surface area contributed by atoms with Crippen LogP contribution in [0.25, 0.3) is 0 Å². The number of benzene rings is 1. The molecule has 1 rings (SSSR count). The van der Waals surface area contributed by atoms with E-state index < -0.39 is 18.1 Å². The van der Waals surface area contributed by atoms with Gasteiger partial charge in [-0.3, -0.25) is 4.79 Å². The molecule has 94 valence electrons. The molecule has 0 aromatic heterocycles. The second-order valence-corrected chi connectivity index (χ2v) is 4.73. The second-order valence-electron chi connectivity index (χ2n) is 4.73. The van der Waals surface area contributed by atoms with Crippen LogP contribution in [0.1, 0.15) is 31.1 Å². The highest BCUT2D eigenvalue weighted by atomic mass is 16.3. The van der Waals surface area contributed by atoms with Crippen molar-refractivity contribution in [1.29, 1.82) is 0 Å². The lowest BCUT2D eigenvalue weighted by Gasteiger charge is -2.27. The molecule has 1 aromatic rings. The van der Waals surface area contributed by atoms with Gasteiger partial charge in [0.1, 0.15) is 0 Å². The summed E-state index contributed by atoms with van der Waals surface area (Å²) in [6, 6.07) is 8.77. The number of ketones is 1.